The van der Waals surface area contributed by atoms with E-state index in [0.29, 0.717) is 18.1 Å². The quantitative estimate of drug-likeness (QED) is 0.494. The molecule has 3 atom stereocenters. The predicted molar refractivity (Wildman–Crippen MR) is 141 cm³/mol. The Bertz CT molecular complexity index is 912. The van der Waals surface area contributed by atoms with Gasteiger partial charge in [-0.1, -0.05) is 18.2 Å². The highest BCUT2D eigenvalue weighted by molar-refractivity contribution is 5.71. The van der Waals surface area contributed by atoms with Crippen molar-refractivity contribution < 1.29 is 33.6 Å². The third-order valence-electron chi connectivity index (χ3n) is 6.76. The van der Waals surface area contributed by atoms with Crippen LogP contribution in [0.1, 0.15) is 92.1 Å². The minimum absolute atomic E-state index is 0.0645. The first-order valence-corrected chi connectivity index (χ1v) is 13.5. The van der Waals surface area contributed by atoms with E-state index in [-0.39, 0.29) is 31.3 Å². The largest absolute Gasteiger partial charge is 0.482 e. The van der Waals surface area contributed by atoms with Gasteiger partial charge in [0.2, 0.25) is 0 Å². The zero-order valence-corrected chi connectivity index (χ0v) is 23.5. The number of ether oxygens (including phenoxy) is 4. The van der Waals surface area contributed by atoms with Crippen molar-refractivity contribution in [1.82, 2.24) is 4.90 Å². The molecule has 8 nitrogen and oxygen atoms in total. The highest BCUT2D eigenvalue weighted by Gasteiger charge is 2.43. The lowest BCUT2D eigenvalue weighted by Crippen LogP contribution is -2.47. The predicted octanol–water partition coefficient (Wildman–Crippen LogP) is 5.21. The number of aliphatic hydroxyl groups excluding tert-OH is 1. The van der Waals surface area contributed by atoms with Gasteiger partial charge in [0.05, 0.1) is 24.9 Å². The minimum atomic E-state index is -0.632. The van der Waals surface area contributed by atoms with Crippen molar-refractivity contribution in [2.24, 2.45) is 0 Å². The average Bonchev–Trinajstić information content (AvgIpc) is 3.07. The maximum Gasteiger partial charge on any atom is 0.410 e. The van der Waals surface area contributed by atoms with Crippen molar-refractivity contribution in [3.63, 3.8) is 0 Å². The fourth-order valence-corrected chi connectivity index (χ4v) is 5.19. The van der Waals surface area contributed by atoms with Gasteiger partial charge in [0, 0.05) is 6.04 Å². The Morgan fingerprint density at radius 3 is 2.22 bits per heavy atom. The van der Waals surface area contributed by atoms with Crippen molar-refractivity contribution in [3.8, 4) is 5.75 Å². The summed E-state index contributed by atoms with van der Waals surface area (Å²) in [6, 6.07) is 7.34. The van der Waals surface area contributed by atoms with Crippen LogP contribution in [0.15, 0.2) is 24.3 Å². The maximum absolute atomic E-state index is 12.8. The molecule has 1 N–H and O–H groups in total. The lowest BCUT2D eigenvalue weighted by atomic mass is 9.82. The summed E-state index contributed by atoms with van der Waals surface area (Å²) in [4.78, 5) is 26.5. The number of para-hydroxylation sites is 1. The molecule has 1 aromatic carbocycles. The summed E-state index contributed by atoms with van der Waals surface area (Å²) in [5, 5.41) is 10.6. The maximum atomic E-state index is 12.8. The molecule has 1 heterocycles. The smallest absolute Gasteiger partial charge is 0.410 e. The molecule has 3 unspecified atom stereocenters. The van der Waals surface area contributed by atoms with Crippen LogP contribution in [-0.4, -0.2) is 70.8 Å². The van der Waals surface area contributed by atoms with Gasteiger partial charge in [0.15, 0.2) is 6.61 Å². The SMILES string of the molecule is CC1CC(O)C(COC2CCC(c3ccccc3OCC(=O)OC(C)(C)C)CC2)N1C(=O)OC(C)(C)C. The van der Waals surface area contributed by atoms with Crippen LogP contribution >= 0.6 is 0 Å². The van der Waals surface area contributed by atoms with Crippen LogP contribution in [0.3, 0.4) is 0 Å². The van der Waals surface area contributed by atoms with Gasteiger partial charge in [-0.05, 0) is 98.1 Å². The number of benzene rings is 1. The number of hydrogen-bond acceptors (Lipinski definition) is 7. The van der Waals surface area contributed by atoms with Crippen LogP contribution in [0, 0.1) is 0 Å². The second kappa shape index (κ2) is 12.0. The van der Waals surface area contributed by atoms with E-state index in [1.54, 1.807) is 4.90 Å². The fourth-order valence-electron chi connectivity index (χ4n) is 5.19. The van der Waals surface area contributed by atoms with Gasteiger partial charge in [0.25, 0.3) is 0 Å². The van der Waals surface area contributed by atoms with E-state index in [4.69, 9.17) is 18.9 Å². The van der Waals surface area contributed by atoms with Crippen LogP contribution in [0.2, 0.25) is 0 Å². The standard InChI is InChI=1S/C29H45NO7/c1-19-16-24(31)23(30(19)27(33)37-29(5,6)7)17-34-21-14-12-20(13-15-21)22-10-8-9-11-25(22)35-18-26(32)36-28(2,3)4/h8-11,19-21,23-24,31H,12-18H2,1-7H3. The molecule has 2 aliphatic rings. The topological polar surface area (TPSA) is 94.5 Å². The third-order valence-corrected chi connectivity index (χ3v) is 6.76. The molecular formula is C29H45NO7. The molecule has 1 aromatic rings. The molecule has 1 aliphatic carbocycles. The number of aliphatic hydroxyl groups is 1. The lowest BCUT2D eigenvalue weighted by Gasteiger charge is -2.34. The van der Waals surface area contributed by atoms with Crippen LogP contribution in [0.5, 0.6) is 5.75 Å². The molecule has 1 aliphatic heterocycles. The normalized spacial score (nSPS) is 26.6. The molecule has 1 saturated heterocycles. The molecule has 0 bridgehead atoms. The summed E-state index contributed by atoms with van der Waals surface area (Å²) in [6.07, 6.45) is 3.14. The molecule has 2 fully saturated rings. The van der Waals surface area contributed by atoms with Crippen molar-refractivity contribution in [2.75, 3.05) is 13.2 Å². The fraction of sp³-hybridized carbons (Fsp3) is 0.724. The van der Waals surface area contributed by atoms with Crippen LogP contribution in [0.4, 0.5) is 4.79 Å². The van der Waals surface area contributed by atoms with Crippen LogP contribution in [0.25, 0.3) is 0 Å². The number of carbonyl (C=O) groups excluding carboxylic acids is 2. The Balaban J connectivity index is 1.52. The minimum Gasteiger partial charge on any atom is -0.482 e. The van der Waals surface area contributed by atoms with Gasteiger partial charge in [-0.15, -0.1) is 0 Å². The molecule has 208 valence electrons. The average molecular weight is 520 g/mol. The van der Waals surface area contributed by atoms with E-state index in [2.05, 4.69) is 6.07 Å². The molecular weight excluding hydrogens is 474 g/mol. The Kier molecular flexibility index (Phi) is 9.51. The molecule has 1 saturated carbocycles. The lowest BCUT2D eigenvalue weighted by molar-refractivity contribution is -0.157. The molecule has 3 rings (SSSR count). The number of nitrogens with zero attached hydrogens (tertiary/aromatic N) is 1. The number of hydrogen-bond donors (Lipinski definition) is 1. The molecule has 37 heavy (non-hydrogen) atoms. The Hall–Kier alpha value is -2.32. The first-order chi connectivity index (χ1) is 17.2. The highest BCUT2D eigenvalue weighted by atomic mass is 16.6. The van der Waals surface area contributed by atoms with E-state index in [1.807, 2.05) is 66.7 Å². The van der Waals surface area contributed by atoms with Gasteiger partial charge >= 0.3 is 12.1 Å². The number of amides is 1. The van der Waals surface area contributed by atoms with Gasteiger partial charge in [-0.2, -0.15) is 0 Å². The molecule has 0 aromatic heterocycles. The number of esters is 1. The second-order valence-electron chi connectivity index (χ2n) is 12.3. The summed E-state index contributed by atoms with van der Waals surface area (Å²) in [5.74, 6) is 0.641. The summed E-state index contributed by atoms with van der Waals surface area (Å²) >= 11 is 0. The molecule has 0 radical (unpaired) electrons. The van der Waals surface area contributed by atoms with Gasteiger partial charge in [-0.25, -0.2) is 9.59 Å². The van der Waals surface area contributed by atoms with Crippen LogP contribution in [-0.2, 0) is 19.0 Å². The summed E-state index contributed by atoms with van der Waals surface area (Å²) in [7, 11) is 0. The van der Waals surface area contributed by atoms with E-state index in [1.165, 1.54) is 0 Å². The van der Waals surface area contributed by atoms with E-state index >= 15 is 0 Å². The van der Waals surface area contributed by atoms with E-state index in [0.717, 1.165) is 31.2 Å². The molecule has 8 heteroatoms. The zero-order chi connectivity index (χ0) is 27.4. The number of carbonyl (C=O) groups is 2. The Morgan fingerprint density at radius 2 is 1.59 bits per heavy atom. The third kappa shape index (κ3) is 8.60. The van der Waals surface area contributed by atoms with E-state index in [9.17, 15) is 14.7 Å². The summed E-state index contributed by atoms with van der Waals surface area (Å²) in [5.41, 5.74) is -0.0451. The van der Waals surface area contributed by atoms with E-state index < -0.39 is 29.4 Å². The first-order valence-electron chi connectivity index (χ1n) is 13.5. The highest BCUT2D eigenvalue weighted by Crippen LogP contribution is 2.39. The first kappa shape index (κ1) is 29.2. The van der Waals surface area contributed by atoms with Crippen molar-refractivity contribution in [1.29, 1.82) is 0 Å². The van der Waals surface area contributed by atoms with Crippen molar-refractivity contribution in [3.05, 3.63) is 29.8 Å². The second-order valence-corrected chi connectivity index (χ2v) is 12.3. The van der Waals surface area contributed by atoms with Crippen LogP contribution < -0.4 is 4.74 Å². The number of rotatable bonds is 7. The molecule has 0 spiro atoms. The van der Waals surface area contributed by atoms with Crippen molar-refractivity contribution >= 4 is 12.1 Å². The Labute approximate surface area is 221 Å². The van der Waals surface area contributed by atoms with Crippen molar-refractivity contribution in [2.45, 2.75) is 122 Å². The van der Waals surface area contributed by atoms with Gasteiger partial charge in [-0.3, -0.25) is 4.90 Å². The zero-order valence-electron chi connectivity index (χ0n) is 23.5. The monoisotopic (exact) mass is 519 g/mol. The number of likely N-dealkylation sites (tertiary alicyclic amines) is 1. The Morgan fingerprint density at radius 1 is 0.973 bits per heavy atom. The molecule has 1 amide bonds. The summed E-state index contributed by atoms with van der Waals surface area (Å²) in [6.45, 7) is 13.1. The van der Waals surface area contributed by atoms with Gasteiger partial charge < -0.3 is 24.1 Å². The van der Waals surface area contributed by atoms with Gasteiger partial charge in [0.1, 0.15) is 17.0 Å². The summed E-state index contributed by atoms with van der Waals surface area (Å²) < 4.78 is 23.0.